The second-order valence-corrected chi connectivity index (χ2v) is 7.21. The molecule has 2 aromatic heterocycles. The molecule has 0 unspecified atom stereocenters. The standard InChI is InChI=1S/C22H21FN4O3/c1-28-9-10-29-20-13-19-16(11-17(20)23)22(25-24-19)21-12-18(26-30-21)14-3-5-15(6-4-14)27-7-2-8-27/h3-6,11-13H,2,7-10H2,1H3,(H,24,25). The summed E-state index contributed by atoms with van der Waals surface area (Å²) in [7, 11) is 1.57. The first-order chi connectivity index (χ1) is 14.7. The summed E-state index contributed by atoms with van der Waals surface area (Å²) in [4.78, 5) is 2.33. The van der Waals surface area contributed by atoms with Crippen molar-refractivity contribution in [2.24, 2.45) is 0 Å². The van der Waals surface area contributed by atoms with Crippen molar-refractivity contribution in [1.29, 1.82) is 0 Å². The van der Waals surface area contributed by atoms with Gasteiger partial charge in [-0.3, -0.25) is 5.10 Å². The van der Waals surface area contributed by atoms with Crippen molar-refractivity contribution >= 4 is 16.6 Å². The molecule has 0 aliphatic carbocycles. The Labute approximate surface area is 172 Å². The molecule has 0 atom stereocenters. The first-order valence-corrected chi connectivity index (χ1v) is 9.85. The minimum atomic E-state index is -0.470. The topological polar surface area (TPSA) is 76.4 Å². The van der Waals surface area contributed by atoms with E-state index in [-0.39, 0.29) is 12.4 Å². The molecule has 8 heteroatoms. The maximum Gasteiger partial charge on any atom is 0.188 e. The fourth-order valence-corrected chi connectivity index (χ4v) is 3.49. The number of aromatic amines is 1. The van der Waals surface area contributed by atoms with E-state index < -0.39 is 5.82 Å². The molecule has 30 heavy (non-hydrogen) atoms. The zero-order valence-corrected chi connectivity index (χ0v) is 16.5. The van der Waals surface area contributed by atoms with E-state index in [9.17, 15) is 4.39 Å². The molecular formula is C22H21FN4O3. The fourth-order valence-electron chi connectivity index (χ4n) is 3.49. The molecule has 0 saturated carbocycles. The molecule has 7 nitrogen and oxygen atoms in total. The molecule has 4 aromatic rings. The fraction of sp³-hybridized carbons (Fsp3) is 0.273. The van der Waals surface area contributed by atoms with Gasteiger partial charge >= 0.3 is 0 Å². The van der Waals surface area contributed by atoms with E-state index in [2.05, 4.69) is 32.4 Å². The molecule has 1 N–H and O–H groups in total. The summed E-state index contributed by atoms with van der Waals surface area (Å²) in [5.41, 5.74) is 4.02. The number of halogens is 1. The van der Waals surface area contributed by atoms with Crippen LogP contribution in [0.1, 0.15) is 6.42 Å². The number of nitrogens with one attached hydrogen (secondary N) is 1. The highest BCUT2D eigenvalue weighted by Crippen LogP contribution is 2.33. The molecule has 0 radical (unpaired) electrons. The lowest BCUT2D eigenvalue weighted by Gasteiger charge is -2.33. The smallest absolute Gasteiger partial charge is 0.188 e. The van der Waals surface area contributed by atoms with Crippen LogP contribution in [-0.4, -0.2) is 48.8 Å². The maximum atomic E-state index is 14.5. The lowest BCUT2D eigenvalue weighted by molar-refractivity contribution is 0.144. The highest BCUT2D eigenvalue weighted by molar-refractivity contribution is 5.92. The van der Waals surface area contributed by atoms with E-state index in [1.165, 1.54) is 18.2 Å². The van der Waals surface area contributed by atoms with E-state index >= 15 is 0 Å². The molecule has 2 aromatic carbocycles. The second-order valence-electron chi connectivity index (χ2n) is 7.21. The predicted octanol–water partition coefficient (Wildman–Crippen LogP) is 4.26. The Morgan fingerprint density at radius 3 is 2.70 bits per heavy atom. The van der Waals surface area contributed by atoms with Crippen LogP contribution in [0.15, 0.2) is 47.0 Å². The zero-order chi connectivity index (χ0) is 20.5. The number of rotatable bonds is 7. The van der Waals surface area contributed by atoms with E-state index in [4.69, 9.17) is 14.0 Å². The number of fused-ring (bicyclic) bond motifs is 1. The van der Waals surface area contributed by atoms with Crippen LogP contribution in [0, 0.1) is 5.82 Å². The van der Waals surface area contributed by atoms with Gasteiger partial charge in [0.2, 0.25) is 0 Å². The molecule has 0 spiro atoms. The third-order valence-corrected chi connectivity index (χ3v) is 5.29. The number of aromatic nitrogens is 3. The zero-order valence-electron chi connectivity index (χ0n) is 16.5. The van der Waals surface area contributed by atoms with Crippen LogP contribution in [0.2, 0.25) is 0 Å². The Kier molecular flexibility index (Phi) is 4.84. The summed E-state index contributed by atoms with van der Waals surface area (Å²) >= 11 is 0. The Morgan fingerprint density at radius 1 is 1.13 bits per heavy atom. The normalized spacial score (nSPS) is 13.6. The maximum absolute atomic E-state index is 14.5. The van der Waals surface area contributed by atoms with Gasteiger partial charge in [0.05, 0.1) is 12.1 Å². The number of hydrogen-bond acceptors (Lipinski definition) is 6. The lowest BCUT2D eigenvalue weighted by Crippen LogP contribution is -2.36. The summed E-state index contributed by atoms with van der Waals surface area (Å²) in [6.07, 6.45) is 1.24. The van der Waals surface area contributed by atoms with Gasteiger partial charge in [-0.1, -0.05) is 17.3 Å². The van der Waals surface area contributed by atoms with E-state index in [0.29, 0.717) is 34.7 Å². The third kappa shape index (κ3) is 3.39. The highest BCUT2D eigenvalue weighted by Gasteiger charge is 2.18. The second kappa shape index (κ2) is 7.79. The van der Waals surface area contributed by atoms with E-state index in [0.717, 1.165) is 18.7 Å². The van der Waals surface area contributed by atoms with Crippen LogP contribution in [-0.2, 0) is 4.74 Å². The van der Waals surface area contributed by atoms with Crippen molar-refractivity contribution in [2.45, 2.75) is 6.42 Å². The van der Waals surface area contributed by atoms with E-state index in [1.807, 2.05) is 18.2 Å². The van der Waals surface area contributed by atoms with Gasteiger partial charge in [-0.25, -0.2) is 4.39 Å². The van der Waals surface area contributed by atoms with Crippen LogP contribution in [0.4, 0.5) is 10.1 Å². The van der Waals surface area contributed by atoms with Crippen molar-refractivity contribution in [3.05, 3.63) is 48.3 Å². The minimum Gasteiger partial charge on any atom is -0.488 e. The van der Waals surface area contributed by atoms with Crippen LogP contribution in [0.3, 0.4) is 0 Å². The summed E-state index contributed by atoms with van der Waals surface area (Å²) in [6, 6.07) is 13.0. The van der Waals surface area contributed by atoms with Crippen molar-refractivity contribution in [2.75, 3.05) is 38.3 Å². The molecule has 3 heterocycles. The Balaban J connectivity index is 1.40. The molecular weight excluding hydrogens is 387 g/mol. The summed E-state index contributed by atoms with van der Waals surface area (Å²) in [6.45, 7) is 2.86. The van der Waals surface area contributed by atoms with Crippen molar-refractivity contribution in [3.8, 4) is 28.5 Å². The molecule has 1 fully saturated rings. The number of benzene rings is 2. The number of nitrogens with zero attached hydrogens (tertiary/aromatic N) is 3. The van der Waals surface area contributed by atoms with Gasteiger partial charge in [-0.05, 0) is 24.6 Å². The number of H-pyrrole nitrogens is 1. The monoisotopic (exact) mass is 408 g/mol. The average molecular weight is 408 g/mol. The number of methoxy groups -OCH3 is 1. The van der Waals surface area contributed by atoms with Crippen LogP contribution < -0.4 is 9.64 Å². The SMILES string of the molecule is COCCOc1cc2[nH]nc(-c3cc(-c4ccc(N5CCC5)cc4)no3)c2cc1F. The van der Waals surface area contributed by atoms with Crippen LogP contribution in [0.25, 0.3) is 33.6 Å². The Hall–Kier alpha value is -3.39. The summed E-state index contributed by atoms with van der Waals surface area (Å²) < 4.78 is 30.3. The van der Waals surface area contributed by atoms with Gasteiger partial charge < -0.3 is 18.9 Å². The lowest BCUT2D eigenvalue weighted by atomic mass is 10.1. The van der Waals surface area contributed by atoms with Gasteiger partial charge in [0.25, 0.3) is 0 Å². The first-order valence-electron chi connectivity index (χ1n) is 9.85. The minimum absolute atomic E-state index is 0.148. The highest BCUT2D eigenvalue weighted by atomic mass is 19.1. The van der Waals surface area contributed by atoms with Crippen molar-refractivity contribution < 1.29 is 18.4 Å². The molecule has 0 bridgehead atoms. The molecule has 5 rings (SSSR count). The number of ether oxygens (including phenoxy) is 2. The van der Waals surface area contributed by atoms with Gasteiger partial charge in [-0.15, -0.1) is 0 Å². The van der Waals surface area contributed by atoms with Gasteiger partial charge in [-0.2, -0.15) is 5.10 Å². The number of anilines is 1. The quantitative estimate of drug-likeness (QED) is 0.461. The molecule has 154 valence electrons. The van der Waals surface area contributed by atoms with Crippen LogP contribution >= 0.6 is 0 Å². The van der Waals surface area contributed by atoms with Crippen molar-refractivity contribution in [3.63, 3.8) is 0 Å². The molecule has 1 saturated heterocycles. The molecule has 1 aliphatic heterocycles. The first kappa shape index (κ1) is 18.6. The number of hydrogen-bond donors (Lipinski definition) is 1. The van der Waals surface area contributed by atoms with Gasteiger partial charge in [0.15, 0.2) is 17.3 Å². The van der Waals surface area contributed by atoms with Gasteiger partial charge in [0.1, 0.15) is 18.0 Å². The Bertz CT molecular complexity index is 1170. The Morgan fingerprint density at radius 2 is 1.97 bits per heavy atom. The molecule has 1 aliphatic rings. The van der Waals surface area contributed by atoms with Gasteiger partial charge in [0, 0.05) is 49.0 Å². The van der Waals surface area contributed by atoms with E-state index in [1.54, 1.807) is 13.2 Å². The summed E-state index contributed by atoms with van der Waals surface area (Å²) in [5.74, 6) is 0.147. The predicted molar refractivity (Wildman–Crippen MR) is 111 cm³/mol. The largest absolute Gasteiger partial charge is 0.488 e. The summed E-state index contributed by atoms with van der Waals surface area (Å²) in [5, 5.41) is 12.0. The third-order valence-electron chi connectivity index (χ3n) is 5.29. The average Bonchev–Trinajstić information content (AvgIpc) is 3.34. The molecule has 0 amide bonds. The van der Waals surface area contributed by atoms with Crippen LogP contribution in [0.5, 0.6) is 5.75 Å². The van der Waals surface area contributed by atoms with Crippen molar-refractivity contribution in [1.82, 2.24) is 15.4 Å².